The number of nitrogens with one attached hydrogen (secondary N) is 3. The van der Waals surface area contributed by atoms with E-state index in [0.29, 0.717) is 30.1 Å². The molecule has 0 aromatic carbocycles. The van der Waals surface area contributed by atoms with E-state index >= 15 is 0 Å². The first-order valence-corrected chi connectivity index (χ1v) is 11.4. The van der Waals surface area contributed by atoms with Crippen LogP contribution in [0.15, 0.2) is 0 Å². The average molecular weight is 411 g/mol. The van der Waals surface area contributed by atoms with Gasteiger partial charge in [-0.1, -0.05) is 0 Å². The predicted octanol–water partition coefficient (Wildman–Crippen LogP) is 1.61. The zero-order chi connectivity index (χ0) is 20.4. The van der Waals surface area contributed by atoms with Crippen LogP contribution in [0.1, 0.15) is 52.9 Å². The fourth-order valence-corrected chi connectivity index (χ4v) is 5.05. The van der Waals surface area contributed by atoms with E-state index in [1.54, 1.807) is 0 Å². The molecule has 0 saturated carbocycles. The Bertz CT molecular complexity index is 555. The van der Waals surface area contributed by atoms with Crippen molar-refractivity contribution in [2.75, 3.05) is 32.8 Å². The Hall–Kier alpha value is -0.930. The summed E-state index contributed by atoms with van der Waals surface area (Å²) in [6, 6.07) is 0.743. The van der Waals surface area contributed by atoms with Crippen LogP contribution in [0.3, 0.4) is 0 Å². The van der Waals surface area contributed by atoms with Gasteiger partial charge in [0.25, 0.3) is 0 Å². The molecule has 4 rings (SSSR count). The van der Waals surface area contributed by atoms with E-state index in [9.17, 15) is 4.79 Å². The van der Waals surface area contributed by atoms with Gasteiger partial charge >= 0.3 is 6.09 Å². The number of hydrogen-bond acceptors (Lipinski definition) is 7. The molecule has 29 heavy (non-hydrogen) atoms. The predicted molar refractivity (Wildman–Crippen MR) is 109 cm³/mol. The lowest BCUT2D eigenvalue weighted by molar-refractivity contribution is -0.0133. The molecule has 4 aliphatic heterocycles. The van der Waals surface area contributed by atoms with Gasteiger partial charge in [-0.2, -0.15) is 5.48 Å². The number of amides is 1. The van der Waals surface area contributed by atoms with Gasteiger partial charge in [-0.05, 0) is 65.3 Å². The van der Waals surface area contributed by atoms with Crippen LogP contribution in [0.5, 0.6) is 0 Å². The van der Waals surface area contributed by atoms with E-state index in [4.69, 9.17) is 14.3 Å². The molecular weight excluding hydrogens is 372 g/mol. The third-order valence-corrected chi connectivity index (χ3v) is 6.72. The zero-order valence-corrected chi connectivity index (χ0v) is 18.1. The van der Waals surface area contributed by atoms with Crippen LogP contribution >= 0.6 is 0 Å². The molecule has 0 radical (unpaired) electrons. The van der Waals surface area contributed by atoms with Gasteiger partial charge in [0.2, 0.25) is 0 Å². The summed E-state index contributed by atoms with van der Waals surface area (Å²) in [6.45, 7) is 10.0. The smallest absolute Gasteiger partial charge is 0.410 e. The van der Waals surface area contributed by atoms with Gasteiger partial charge in [0.1, 0.15) is 5.60 Å². The Balaban J connectivity index is 1.22. The number of piperidine rings is 1. The van der Waals surface area contributed by atoms with E-state index in [2.05, 4.69) is 16.1 Å². The Kier molecular flexibility index (Phi) is 6.65. The molecule has 8 nitrogen and oxygen atoms in total. The second-order valence-electron chi connectivity index (χ2n) is 10.0. The number of ether oxygens (including phenoxy) is 2. The largest absolute Gasteiger partial charge is 0.444 e. The number of likely N-dealkylation sites (tertiary alicyclic amines) is 1. The van der Waals surface area contributed by atoms with Gasteiger partial charge in [0, 0.05) is 37.7 Å². The van der Waals surface area contributed by atoms with E-state index in [0.717, 1.165) is 65.0 Å². The highest BCUT2D eigenvalue weighted by Gasteiger charge is 2.40. The molecule has 4 saturated heterocycles. The molecule has 4 fully saturated rings. The summed E-state index contributed by atoms with van der Waals surface area (Å²) < 4.78 is 11.1. The van der Waals surface area contributed by atoms with Crippen molar-refractivity contribution in [3.05, 3.63) is 0 Å². The fraction of sp³-hybridized carbons (Fsp3) is 0.952. The van der Waals surface area contributed by atoms with E-state index in [-0.39, 0.29) is 12.2 Å². The minimum Gasteiger partial charge on any atom is -0.444 e. The number of rotatable bonds is 3. The molecule has 0 aliphatic carbocycles. The molecule has 166 valence electrons. The number of hydrogen-bond donors (Lipinski definition) is 3. The maximum Gasteiger partial charge on any atom is 0.410 e. The lowest BCUT2D eigenvalue weighted by Gasteiger charge is -2.37. The van der Waals surface area contributed by atoms with Crippen LogP contribution in [0.2, 0.25) is 0 Å². The monoisotopic (exact) mass is 410 g/mol. The fourth-order valence-electron chi connectivity index (χ4n) is 5.05. The van der Waals surface area contributed by atoms with Gasteiger partial charge < -0.3 is 19.7 Å². The minimum atomic E-state index is -0.438. The van der Waals surface area contributed by atoms with Crippen LogP contribution in [-0.2, 0) is 14.3 Å². The number of carbonyl (C=O) groups excluding carboxylic acids is 1. The molecule has 0 bridgehead atoms. The van der Waals surface area contributed by atoms with Crippen LogP contribution < -0.4 is 16.1 Å². The Morgan fingerprint density at radius 3 is 2.55 bits per heavy atom. The second kappa shape index (κ2) is 9.06. The maximum absolute atomic E-state index is 12.3. The molecule has 5 atom stereocenters. The third kappa shape index (κ3) is 5.41. The average Bonchev–Trinajstić information content (AvgIpc) is 3.39. The van der Waals surface area contributed by atoms with Crippen molar-refractivity contribution < 1.29 is 19.1 Å². The van der Waals surface area contributed by atoms with Crippen LogP contribution in [0.25, 0.3) is 0 Å². The van der Waals surface area contributed by atoms with Crippen LogP contribution in [0, 0.1) is 11.8 Å². The molecule has 0 aromatic rings. The molecule has 8 heteroatoms. The van der Waals surface area contributed by atoms with Crippen molar-refractivity contribution in [2.45, 2.75) is 82.8 Å². The highest BCUT2D eigenvalue weighted by atomic mass is 16.7. The topological polar surface area (TPSA) is 84.1 Å². The Morgan fingerprint density at radius 1 is 1.07 bits per heavy atom. The van der Waals surface area contributed by atoms with E-state index < -0.39 is 5.60 Å². The van der Waals surface area contributed by atoms with Crippen molar-refractivity contribution in [3.63, 3.8) is 0 Å². The summed E-state index contributed by atoms with van der Waals surface area (Å²) in [7, 11) is 0. The molecule has 3 N–H and O–H groups in total. The molecule has 5 unspecified atom stereocenters. The first kappa shape index (κ1) is 21.3. The molecule has 1 amide bonds. The normalized spacial score (nSPS) is 37.1. The first-order valence-electron chi connectivity index (χ1n) is 11.4. The highest BCUT2D eigenvalue weighted by Crippen LogP contribution is 2.30. The summed E-state index contributed by atoms with van der Waals surface area (Å²) in [4.78, 5) is 20.2. The lowest BCUT2D eigenvalue weighted by Crippen LogP contribution is -2.60. The van der Waals surface area contributed by atoms with Gasteiger partial charge in [-0.15, -0.1) is 0 Å². The number of hydroxylamine groups is 1. The zero-order valence-electron chi connectivity index (χ0n) is 18.1. The molecule has 4 heterocycles. The van der Waals surface area contributed by atoms with Gasteiger partial charge in [-0.3, -0.25) is 10.2 Å². The first-order chi connectivity index (χ1) is 13.9. The van der Waals surface area contributed by atoms with E-state index in [1.165, 1.54) is 0 Å². The Labute approximate surface area is 174 Å². The van der Waals surface area contributed by atoms with Crippen LogP contribution in [-0.4, -0.2) is 73.8 Å². The summed E-state index contributed by atoms with van der Waals surface area (Å²) in [6.07, 6.45) is 5.57. The van der Waals surface area contributed by atoms with E-state index in [1.807, 2.05) is 25.7 Å². The quantitative estimate of drug-likeness (QED) is 0.652. The van der Waals surface area contributed by atoms with Crippen molar-refractivity contribution in [3.8, 4) is 0 Å². The molecule has 0 spiro atoms. The maximum atomic E-state index is 12.3. The van der Waals surface area contributed by atoms with Gasteiger partial charge in [-0.25, -0.2) is 4.79 Å². The number of carbonyl (C=O) groups is 1. The minimum absolute atomic E-state index is 0.190. The SMILES string of the molecule is CC(C)(C)OC(=O)N1CCC(C2CC(C3CCNC(C4CCOC4)N3)ON2)CC1. The van der Waals surface area contributed by atoms with Crippen LogP contribution in [0.4, 0.5) is 4.79 Å². The van der Waals surface area contributed by atoms with Crippen molar-refractivity contribution in [1.29, 1.82) is 0 Å². The van der Waals surface area contributed by atoms with Gasteiger partial charge in [0.05, 0.1) is 18.9 Å². The summed E-state index contributed by atoms with van der Waals surface area (Å²) in [5.74, 6) is 1.10. The van der Waals surface area contributed by atoms with Crippen molar-refractivity contribution >= 4 is 6.09 Å². The summed E-state index contributed by atoms with van der Waals surface area (Å²) in [5, 5.41) is 7.38. The number of nitrogens with zero attached hydrogens (tertiary/aromatic N) is 1. The lowest BCUT2D eigenvalue weighted by atomic mass is 9.86. The second-order valence-corrected chi connectivity index (χ2v) is 10.0. The standard InChI is InChI=1S/C21H38N4O4/c1-21(2,3)28-20(26)25-9-5-14(6-10-25)17-12-18(29-24-17)16-4-8-22-19(23-16)15-7-11-27-13-15/h14-19,22-24H,4-13H2,1-3H3. The van der Waals surface area contributed by atoms with Gasteiger partial charge in [0.15, 0.2) is 0 Å². The summed E-state index contributed by atoms with van der Waals surface area (Å²) in [5.41, 5.74) is 2.88. The highest BCUT2D eigenvalue weighted by molar-refractivity contribution is 5.68. The Morgan fingerprint density at radius 2 is 1.86 bits per heavy atom. The molecular formula is C21H38N4O4. The molecule has 0 aromatic heterocycles. The third-order valence-electron chi connectivity index (χ3n) is 6.72. The summed E-state index contributed by atoms with van der Waals surface area (Å²) >= 11 is 0. The van der Waals surface area contributed by atoms with Crippen molar-refractivity contribution in [2.24, 2.45) is 11.8 Å². The molecule has 4 aliphatic rings. The van der Waals surface area contributed by atoms with Crippen molar-refractivity contribution in [1.82, 2.24) is 21.0 Å².